The quantitative estimate of drug-likeness (QED) is 0.431. The highest BCUT2D eigenvalue weighted by Crippen LogP contribution is 2.48. The lowest BCUT2D eigenvalue weighted by Gasteiger charge is -2.34. The summed E-state index contributed by atoms with van der Waals surface area (Å²) in [5.74, 6) is -2.03. The molecule has 0 saturated carbocycles. The molecule has 2 atom stereocenters. The average molecular weight is 434 g/mol. The third kappa shape index (κ3) is 3.75. The smallest absolute Gasteiger partial charge is 0.340 e. The lowest BCUT2D eigenvalue weighted by Crippen LogP contribution is -2.33. The van der Waals surface area contributed by atoms with Crippen LogP contribution < -0.4 is 5.73 Å². The SMILES string of the molecule is CCOC(=O)C1=C(N)OC2=C(C(=O)C[C@H](c3ccccc3)C2)[C@H]1c1ccccc1[N+](=O)[O-]. The number of nitro groups is 1. The number of nitrogens with two attached hydrogens (primary N) is 1. The summed E-state index contributed by atoms with van der Waals surface area (Å²) in [5.41, 5.74) is 7.25. The van der Waals surface area contributed by atoms with E-state index in [9.17, 15) is 19.7 Å². The lowest BCUT2D eigenvalue weighted by atomic mass is 9.73. The first-order valence-electron chi connectivity index (χ1n) is 10.3. The number of esters is 1. The first kappa shape index (κ1) is 21.3. The number of ketones is 1. The van der Waals surface area contributed by atoms with Crippen molar-refractivity contribution in [3.8, 4) is 0 Å². The number of hydrogen-bond donors (Lipinski definition) is 1. The van der Waals surface area contributed by atoms with Crippen molar-refractivity contribution in [3.05, 3.63) is 98.6 Å². The fourth-order valence-corrected chi connectivity index (χ4v) is 4.39. The second kappa shape index (κ2) is 8.66. The summed E-state index contributed by atoms with van der Waals surface area (Å²) in [5, 5.41) is 11.7. The van der Waals surface area contributed by atoms with Crippen molar-refractivity contribution in [2.75, 3.05) is 6.61 Å². The van der Waals surface area contributed by atoms with E-state index in [1.165, 1.54) is 18.2 Å². The number of nitrogens with zero attached hydrogens (tertiary/aromatic N) is 1. The second-order valence-electron chi connectivity index (χ2n) is 7.63. The van der Waals surface area contributed by atoms with E-state index in [1.807, 2.05) is 30.3 Å². The van der Waals surface area contributed by atoms with Gasteiger partial charge in [0.1, 0.15) is 11.3 Å². The van der Waals surface area contributed by atoms with Gasteiger partial charge in [-0.3, -0.25) is 14.9 Å². The highest BCUT2D eigenvalue weighted by Gasteiger charge is 2.45. The molecule has 1 heterocycles. The predicted octanol–water partition coefficient (Wildman–Crippen LogP) is 3.84. The molecule has 2 aliphatic rings. The molecule has 1 aliphatic heterocycles. The van der Waals surface area contributed by atoms with Crippen molar-refractivity contribution >= 4 is 17.4 Å². The number of nitro benzene ring substituents is 1. The Hall–Kier alpha value is -3.94. The van der Waals surface area contributed by atoms with Gasteiger partial charge in [-0.05, 0) is 18.4 Å². The van der Waals surface area contributed by atoms with Crippen LogP contribution in [-0.4, -0.2) is 23.3 Å². The largest absolute Gasteiger partial charge is 0.462 e. The van der Waals surface area contributed by atoms with Gasteiger partial charge < -0.3 is 15.2 Å². The fourth-order valence-electron chi connectivity index (χ4n) is 4.39. The summed E-state index contributed by atoms with van der Waals surface area (Å²) >= 11 is 0. The Labute approximate surface area is 184 Å². The van der Waals surface area contributed by atoms with E-state index in [-0.39, 0.29) is 53.0 Å². The molecule has 0 unspecified atom stereocenters. The van der Waals surface area contributed by atoms with Crippen LogP contribution in [-0.2, 0) is 19.1 Å². The van der Waals surface area contributed by atoms with Crippen LogP contribution in [0, 0.1) is 10.1 Å². The first-order valence-corrected chi connectivity index (χ1v) is 10.3. The average Bonchev–Trinajstić information content (AvgIpc) is 2.78. The molecule has 0 amide bonds. The molecule has 32 heavy (non-hydrogen) atoms. The summed E-state index contributed by atoms with van der Waals surface area (Å²) in [6, 6.07) is 15.6. The Bertz CT molecular complexity index is 1150. The van der Waals surface area contributed by atoms with Crippen molar-refractivity contribution in [1.29, 1.82) is 0 Å². The van der Waals surface area contributed by atoms with Crippen LogP contribution in [0.2, 0.25) is 0 Å². The molecule has 0 radical (unpaired) electrons. The second-order valence-corrected chi connectivity index (χ2v) is 7.63. The number of hydrogen-bond acceptors (Lipinski definition) is 7. The Balaban J connectivity index is 1.87. The standard InChI is InChI=1S/C24H22N2O6/c1-2-31-24(28)22-20(16-10-6-7-11-17(16)26(29)30)21-18(27)12-15(13-19(21)32-23(22)25)14-8-4-3-5-9-14/h3-11,15,20H,2,12-13,25H2,1H3/t15-,20+/m0/s1. The molecule has 0 spiro atoms. The molecule has 2 N–H and O–H groups in total. The van der Waals surface area contributed by atoms with Gasteiger partial charge in [0.2, 0.25) is 5.88 Å². The van der Waals surface area contributed by atoms with Gasteiger partial charge in [0.25, 0.3) is 5.69 Å². The number of para-hydroxylation sites is 1. The van der Waals surface area contributed by atoms with E-state index in [4.69, 9.17) is 15.2 Å². The minimum Gasteiger partial charge on any atom is -0.462 e. The van der Waals surface area contributed by atoms with Crippen LogP contribution in [0.5, 0.6) is 0 Å². The van der Waals surface area contributed by atoms with Crippen LogP contribution in [0.25, 0.3) is 0 Å². The molecule has 8 nitrogen and oxygen atoms in total. The maximum Gasteiger partial charge on any atom is 0.340 e. The number of Topliss-reactive ketones (excluding diaryl/α,β-unsaturated/α-hetero) is 1. The van der Waals surface area contributed by atoms with Crippen LogP contribution in [0.4, 0.5) is 5.69 Å². The number of ether oxygens (including phenoxy) is 2. The molecule has 0 bridgehead atoms. The number of allylic oxidation sites excluding steroid dienone is 2. The Morgan fingerprint density at radius 1 is 1.16 bits per heavy atom. The van der Waals surface area contributed by atoms with Crippen LogP contribution in [0.15, 0.2) is 77.4 Å². The van der Waals surface area contributed by atoms with E-state index >= 15 is 0 Å². The van der Waals surface area contributed by atoms with Crippen molar-refractivity contribution in [1.82, 2.24) is 0 Å². The molecule has 2 aromatic rings. The third-order valence-electron chi connectivity index (χ3n) is 5.75. The monoisotopic (exact) mass is 434 g/mol. The molecule has 164 valence electrons. The van der Waals surface area contributed by atoms with Gasteiger partial charge in [0, 0.05) is 30.0 Å². The van der Waals surface area contributed by atoms with Crippen molar-refractivity contribution in [2.24, 2.45) is 5.73 Å². The lowest BCUT2D eigenvalue weighted by molar-refractivity contribution is -0.385. The summed E-state index contributed by atoms with van der Waals surface area (Å²) in [6.45, 7) is 1.72. The van der Waals surface area contributed by atoms with Crippen LogP contribution in [0.3, 0.4) is 0 Å². The van der Waals surface area contributed by atoms with Crippen molar-refractivity contribution in [2.45, 2.75) is 31.6 Å². The topological polar surface area (TPSA) is 122 Å². The van der Waals surface area contributed by atoms with E-state index in [2.05, 4.69) is 0 Å². The minimum atomic E-state index is -1.04. The Morgan fingerprint density at radius 3 is 2.53 bits per heavy atom. The maximum absolute atomic E-state index is 13.4. The van der Waals surface area contributed by atoms with E-state index in [0.29, 0.717) is 12.2 Å². The number of rotatable bonds is 5. The van der Waals surface area contributed by atoms with Gasteiger partial charge in [-0.15, -0.1) is 0 Å². The van der Waals surface area contributed by atoms with E-state index in [1.54, 1.807) is 13.0 Å². The van der Waals surface area contributed by atoms with Gasteiger partial charge in [-0.1, -0.05) is 48.5 Å². The molecule has 1 aliphatic carbocycles. The summed E-state index contributed by atoms with van der Waals surface area (Å²) in [4.78, 5) is 37.4. The molecule has 2 aromatic carbocycles. The zero-order chi connectivity index (χ0) is 22.8. The molecule has 4 rings (SSSR count). The van der Waals surface area contributed by atoms with Gasteiger partial charge in [0.15, 0.2) is 5.78 Å². The number of benzene rings is 2. The number of carbonyl (C=O) groups excluding carboxylic acids is 2. The van der Waals surface area contributed by atoms with Gasteiger partial charge >= 0.3 is 5.97 Å². The van der Waals surface area contributed by atoms with Crippen molar-refractivity contribution < 1.29 is 24.0 Å². The third-order valence-corrected chi connectivity index (χ3v) is 5.75. The van der Waals surface area contributed by atoms with Gasteiger partial charge in [-0.2, -0.15) is 0 Å². The Kier molecular flexibility index (Phi) is 5.77. The zero-order valence-corrected chi connectivity index (χ0v) is 17.4. The maximum atomic E-state index is 13.4. The molecule has 0 saturated heterocycles. The summed E-state index contributed by atoms with van der Waals surface area (Å²) in [7, 11) is 0. The van der Waals surface area contributed by atoms with E-state index in [0.717, 1.165) is 5.56 Å². The summed E-state index contributed by atoms with van der Waals surface area (Å²) in [6.07, 6.45) is 0.582. The number of carbonyl (C=O) groups is 2. The molecule has 0 aromatic heterocycles. The van der Waals surface area contributed by atoms with Gasteiger partial charge in [-0.25, -0.2) is 4.79 Å². The van der Waals surface area contributed by atoms with Crippen molar-refractivity contribution in [3.63, 3.8) is 0 Å². The van der Waals surface area contributed by atoms with Crippen LogP contribution in [0.1, 0.15) is 42.7 Å². The summed E-state index contributed by atoms with van der Waals surface area (Å²) < 4.78 is 10.9. The van der Waals surface area contributed by atoms with Crippen LogP contribution >= 0.6 is 0 Å². The predicted molar refractivity (Wildman–Crippen MR) is 115 cm³/mol. The van der Waals surface area contributed by atoms with Gasteiger partial charge in [0.05, 0.1) is 17.4 Å². The Morgan fingerprint density at radius 2 is 1.84 bits per heavy atom. The zero-order valence-electron chi connectivity index (χ0n) is 17.4. The molecular weight excluding hydrogens is 412 g/mol. The highest BCUT2D eigenvalue weighted by atomic mass is 16.6. The molecule has 0 fully saturated rings. The first-order chi connectivity index (χ1) is 15.4. The van der Waals surface area contributed by atoms with E-state index < -0.39 is 16.8 Å². The minimum absolute atomic E-state index is 0.0785. The normalized spacial score (nSPS) is 20.5. The highest BCUT2D eigenvalue weighted by molar-refractivity contribution is 6.04. The fraction of sp³-hybridized carbons (Fsp3) is 0.250. The molecule has 8 heteroatoms. The molecular formula is C24H22N2O6.